The summed E-state index contributed by atoms with van der Waals surface area (Å²) in [5.41, 5.74) is 0. The molecule has 0 unspecified atom stereocenters. The molecule has 1 aromatic carbocycles. The van der Waals surface area contributed by atoms with Crippen molar-refractivity contribution in [3.63, 3.8) is 0 Å². The number of sulfonamides is 1. The first-order valence-electron chi connectivity index (χ1n) is 9.13. The summed E-state index contributed by atoms with van der Waals surface area (Å²) in [7, 11) is -3.44. The molecule has 0 aliphatic carbocycles. The number of benzene rings is 1. The molecule has 7 nitrogen and oxygen atoms in total. The fourth-order valence-corrected chi connectivity index (χ4v) is 5.30. The first-order chi connectivity index (χ1) is 13.0. The fraction of sp³-hybridized carbons (Fsp3) is 0.444. The topological polar surface area (TPSA) is 69.6 Å². The average molecular weight is 499 g/mol. The molecular formula is C18H22IN5O2S. The number of nitrogens with zero attached hydrogens (tertiary/aromatic N) is 5. The molecule has 9 heteroatoms. The summed E-state index contributed by atoms with van der Waals surface area (Å²) < 4.78 is 28.2. The number of hydrogen-bond donors (Lipinski definition) is 0. The van der Waals surface area contributed by atoms with E-state index in [9.17, 15) is 8.42 Å². The molecule has 2 aliphatic rings. The third kappa shape index (κ3) is 4.04. The molecule has 0 N–H and O–H groups in total. The summed E-state index contributed by atoms with van der Waals surface area (Å²) in [5.74, 6) is 1.74. The van der Waals surface area contributed by atoms with E-state index in [0.29, 0.717) is 31.1 Å². The molecular weight excluding hydrogens is 477 g/mol. The Balaban J connectivity index is 1.40. The van der Waals surface area contributed by atoms with Gasteiger partial charge in [0.25, 0.3) is 0 Å². The summed E-state index contributed by atoms with van der Waals surface area (Å²) in [6.07, 6.45) is 2.42. The van der Waals surface area contributed by atoms with Crippen LogP contribution in [-0.2, 0) is 10.0 Å². The van der Waals surface area contributed by atoms with Gasteiger partial charge in [-0.25, -0.2) is 8.42 Å². The van der Waals surface area contributed by atoms with Gasteiger partial charge in [-0.15, -0.1) is 10.2 Å². The van der Waals surface area contributed by atoms with E-state index in [1.165, 1.54) is 12.8 Å². The number of halogens is 1. The van der Waals surface area contributed by atoms with Crippen LogP contribution in [0.1, 0.15) is 12.8 Å². The second kappa shape index (κ2) is 7.88. The molecule has 2 aromatic rings. The highest BCUT2D eigenvalue weighted by Gasteiger charge is 2.29. The quantitative estimate of drug-likeness (QED) is 0.601. The minimum Gasteiger partial charge on any atom is -0.355 e. The van der Waals surface area contributed by atoms with Gasteiger partial charge in [-0.1, -0.05) is 0 Å². The molecule has 144 valence electrons. The molecule has 2 aliphatic heterocycles. The molecule has 1 aromatic heterocycles. The van der Waals surface area contributed by atoms with E-state index >= 15 is 0 Å². The lowest BCUT2D eigenvalue weighted by Gasteiger charge is -2.34. The Kier molecular flexibility index (Phi) is 5.51. The lowest BCUT2D eigenvalue weighted by atomic mass is 10.3. The molecule has 3 heterocycles. The maximum Gasteiger partial charge on any atom is 0.243 e. The zero-order chi connectivity index (χ0) is 18.9. The second-order valence-electron chi connectivity index (χ2n) is 6.79. The third-order valence-electron chi connectivity index (χ3n) is 5.08. The monoisotopic (exact) mass is 499 g/mol. The van der Waals surface area contributed by atoms with Crippen molar-refractivity contribution in [2.24, 2.45) is 0 Å². The molecule has 27 heavy (non-hydrogen) atoms. The molecule has 0 amide bonds. The van der Waals surface area contributed by atoms with Crippen LogP contribution in [0, 0.1) is 3.57 Å². The Labute approximate surface area is 173 Å². The van der Waals surface area contributed by atoms with Crippen molar-refractivity contribution in [3.8, 4) is 0 Å². The number of aromatic nitrogens is 2. The lowest BCUT2D eigenvalue weighted by Crippen LogP contribution is -2.49. The fourth-order valence-electron chi connectivity index (χ4n) is 3.51. The summed E-state index contributed by atoms with van der Waals surface area (Å²) in [4.78, 5) is 4.70. The van der Waals surface area contributed by atoms with Gasteiger partial charge >= 0.3 is 0 Å². The van der Waals surface area contributed by atoms with Gasteiger partial charge in [0.2, 0.25) is 10.0 Å². The van der Waals surface area contributed by atoms with Gasteiger partial charge in [0, 0.05) is 42.8 Å². The predicted molar refractivity (Wildman–Crippen MR) is 114 cm³/mol. The third-order valence-corrected chi connectivity index (χ3v) is 7.71. The molecule has 0 saturated carbocycles. The highest BCUT2D eigenvalue weighted by molar-refractivity contribution is 14.1. The second-order valence-corrected chi connectivity index (χ2v) is 9.97. The first-order valence-corrected chi connectivity index (χ1v) is 11.7. The van der Waals surface area contributed by atoms with E-state index < -0.39 is 10.0 Å². The van der Waals surface area contributed by atoms with Crippen LogP contribution in [0.15, 0.2) is 41.3 Å². The summed E-state index contributed by atoms with van der Waals surface area (Å²) in [5, 5.41) is 8.73. The highest BCUT2D eigenvalue weighted by Crippen LogP contribution is 2.22. The molecule has 0 spiro atoms. The zero-order valence-electron chi connectivity index (χ0n) is 15.0. The van der Waals surface area contributed by atoms with Crippen LogP contribution in [0.4, 0.5) is 11.6 Å². The van der Waals surface area contributed by atoms with Crippen molar-refractivity contribution in [3.05, 3.63) is 40.0 Å². The Hall–Kier alpha value is -1.46. The van der Waals surface area contributed by atoms with Crippen molar-refractivity contribution in [1.29, 1.82) is 0 Å². The maximum absolute atomic E-state index is 12.8. The SMILES string of the molecule is O=S(=O)(c1ccc(I)cc1)N1CCN(c2ccc(N3CCCC3)nn2)CC1. The molecule has 4 rings (SSSR count). The van der Waals surface area contributed by atoms with Gasteiger partial charge in [0.05, 0.1) is 4.90 Å². The van der Waals surface area contributed by atoms with Crippen LogP contribution >= 0.6 is 22.6 Å². The summed E-state index contributed by atoms with van der Waals surface area (Å²) in [6.45, 7) is 4.21. The Bertz CT molecular complexity index is 875. The van der Waals surface area contributed by atoms with Crippen molar-refractivity contribution < 1.29 is 8.42 Å². The van der Waals surface area contributed by atoms with Crippen molar-refractivity contribution in [2.75, 3.05) is 49.1 Å². The largest absolute Gasteiger partial charge is 0.355 e. The van der Waals surface area contributed by atoms with Crippen molar-refractivity contribution in [2.45, 2.75) is 17.7 Å². The van der Waals surface area contributed by atoms with Crippen LogP contribution < -0.4 is 9.80 Å². The maximum atomic E-state index is 12.8. The van der Waals surface area contributed by atoms with Crippen LogP contribution in [-0.4, -0.2) is 62.2 Å². The number of piperazine rings is 1. The van der Waals surface area contributed by atoms with Gasteiger partial charge in [0.1, 0.15) is 0 Å². The first kappa shape index (κ1) is 18.9. The number of rotatable bonds is 4. The Morgan fingerprint density at radius 3 is 1.78 bits per heavy atom. The van der Waals surface area contributed by atoms with E-state index in [4.69, 9.17) is 0 Å². The lowest BCUT2D eigenvalue weighted by molar-refractivity contribution is 0.383. The van der Waals surface area contributed by atoms with Crippen LogP contribution in [0.2, 0.25) is 0 Å². The average Bonchev–Trinajstić information content (AvgIpc) is 3.23. The molecule has 2 fully saturated rings. The predicted octanol–water partition coefficient (Wildman–Crippen LogP) is 2.19. The van der Waals surface area contributed by atoms with Gasteiger partial charge in [-0.05, 0) is 71.8 Å². The normalized spacial score (nSPS) is 18.9. The highest BCUT2D eigenvalue weighted by atomic mass is 127. The minimum atomic E-state index is -3.44. The smallest absolute Gasteiger partial charge is 0.243 e. The van der Waals surface area contributed by atoms with Gasteiger partial charge in [-0.3, -0.25) is 0 Å². The van der Waals surface area contributed by atoms with E-state index in [2.05, 4.69) is 42.6 Å². The van der Waals surface area contributed by atoms with Gasteiger partial charge < -0.3 is 9.80 Å². The molecule has 0 atom stereocenters. The minimum absolute atomic E-state index is 0.353. The molecule has 0 bridgehead atoms. The van der Waals surface area contributed by atoms with Crippen LogP contribution in [0.3, 0.4) is 0 Å². The molecule has 2 saturated heterocycles. The Morgan fingerprint density at radius 1 is 0.741 bits per heavy atom. The Morgan fingerprint density at radius 2 is 1.26 bits per heavy atom. The standard InChI is InChI=1S/C18H22IN5O2S/c19-15-3-5-16(6-4-15)27(25,26)24-13-11-23(12-14-24)18-8-7-17(20-21-18)22-9-1-2-10-22/h3-8H,1-2,9-14H2. The van der Waals surface area contributed by atoms with E-state index in [-0.39, 0.29) is 0 Å². The zero-order valence-corrected chi connectivity index (χ0v) is 17.9. The van der Waals surface area contributed by atoms with E-state index in [0.717, 1.165) is 28.3 Å². The summed E-state index contributed by atoms with van der Waals surface area (Å²) >= 11 is 2.17. The van der Waals surface area contributed by atoms with E-state index in [1.807, 2.05) is 24.3 Å². The number of hydrogen-bond acceptors (Lipinski definition) is 6. The van der Waals surface area contributed by atoms with Crippen LogP contribution in [0.5, 0.6) is 0 Å². The van der Waals surface area contributed by atoms with Crippen molar-refractivity contribution >= 4 is 44.2 Å². The molecule has 0 radical (unpaired) electrons. The summed E-state index contributed by atoms with van der Waals surface area (Å²) in [6, 6.07) is 11.0. The van der Waals surface area contributed by atoms with E-state index in [1.54, 1.807) is 16.4 Å². The van der Waals surface area contributed by atoms with Crippen molar-refractivity contribution in [1.82, 2.24) is 14.5 Å². The number of anilines is 2. The van der Waals surface area contributed by atoms with Gasteiger partial charge in [-0.2, -0.15) is 4.31 Å². The van der Waals surface area contributed by atoms with Gasteiger partial charge in [0.15, 0.2) is 11.6 Å². The van der Waals surface area contributed by atoms with Crippen LogP contribution in [0.25, 0.3) is 0 Å².